The van der Waals surface area contributed by atoms with E-state index in [0.717, 1.165) is 13.8 Å². The Bertz CT molecular complexity index is 2530. The highest BCUT2D eigenvalue weighted by molar-refractivity contribution is 7.79. The number of nitrogens with one attached hydrogen (secondary N) is 1. The second kappa shape index (κ2) is 19.0. The van der Waals surface area contributed by atoms with Gasteiger partial charge in [0.15, 0.2) is 23.6 Å². The van der Waals surface area contributed by atoms with Gasteiger partial charge in [-0.2, -0.15) is 8.42 Å². The van der Waals surface area contributed by atoms with Crippen LogP contribution < -0.4 is 5.32 Å². The number of Topliss-reactive ketones (excluding diaryl/α,β-unsaturated/α-hetero) is 1. The van der Waals surface area contributed by atoms with Gasteiger partial charge in [-0.05, 0) is 54.8 Å². The van der Waals surface area contributed by atoms with Crippen molar-refractivity contribution in [2.24, 2.45) is 16.7 Å². The molecule has 3 fully saturated rings. The highest BCUT2D eigenvalue weighted by Gasteiger charge is 2.78. The normalized spacial score (nSPS) is 30.3. The topological polar surface area (TPSA) is 296 Å². The third-order valence-corrected chi connectivity index (χ3v) is 13.5. The third kappa shape index (κ3) is 9.65. The van der Waals surface area contributed by atoms with E-state index in [4.69, 9.17) is 41.2 Å². The van der Waals surface area contributed by atoms with E-state index < -0.39 is 123 Å². The van der Waals surface area contributed by atoms with Gasteiger partial charge in [0.25, 0.3) is 5.91 Å². The molecule has 360 valence electrons. The van der Waals surface area contributed by atoms with Crippen molar-refractivity contribution in [1.29, 1.82) is 0 Å². The van der Waals surface area contributed by atoms with Crippen molar-refractivity contribution < 1.29 is 85.3 Å². The summed E-state index contributed by atoms with van der Waals surface area (Å²) < 4.78 is 61.9. The maximum absolute atomic E-state index is 15.5. The van der Waals surface area contributed by atoms with Crippen LogP contribution in [0, 0.1) is 16.7 Å². The van der Waals surface area contributed by atoms with Crippen molar-refractivity contribution >= 4 is 46.0 Å². The van der Waals surface area contributed by atoms with Crippen molar-refractivity contribution in [2.45, 2.75) is 108 Å². The largest absolute Gasteiger partial charge is 0.456 e. The third-order valence-electron chi connectivity index (χ3n) is 13.5. The number of carbonyl (C=O) groups excluding carboxylic acids is 6. The van der Waals surface area contributed by atoms with Crippen LogP contribution in [0.3, 0.4) is 0 Å². The summed E-state index contributed by atoms with van der Waals surface area (Å²) in [6.45, 7) is 7.97. The van der Waals surface area contributed by atoms with Crippen LogP contribution >= 0.6 is 0 Å². The highest BCUT2D eigenvalue weighted by Crippen LogP contribution is 2.64. The quantitative estimate of drug-likeness (QED) is 0.0736. The summed E-state index contributed by atoms with van der Waals surface area (Å²) in [4.78, 5) is 83.5. The van der Waals surface area contributed by atoms with Crippen LogP contribution in [0.15, 0.2) is 102 Å². The number of hydrogen-bond donors (Lipinski definition) is 6. The molecule has 0 unspecified atom stereocenters. The minimum absolute atomic E-state index is 0.00289. The number of rotatable bonds is 10. The van der Waals surface area contributed by atoms with E-state index in [9.17, 15) is 39.3 Å². The predicted molar refractivity (Wildman–Crippen MR) is 232 cm³/mol. The lowest BCUT2D eigenvalue weighted by Crippen LogP contribution is -2.82. The maximum Gasteiger partial charge on any atom is 0.394 e. The van der Waals surface area contributed by atoms with Gasteiger partial charge in [-0.1, -0.05) is 80.6 Å². The van der Waals surface area contributed by atoms with E-state index in [-0.39, 0.29) is 35.3 Å². The van der Waals surface area contributed by atoms with Gasteiger partial charge < -0.3 is 44.3 Å². The molecule has 11 atom stereocenters. The Morgan fingerprint density at radius 1 is 0.821 bits per heavy atom. The highest BCUT2D eigenvalue weighted by atomic mass is 32.3. The van der Waals surface area contributed by atoms with E-state index in [2.05, 4.69) is 5.32 Å². The zero-order chi connectivity index (χ0) is 49.4. The first-order chi connectivity index (χ1) is 31.3. The molecule has 1 saturated heterocycles. The average molecular weight is 952 g/mol. The van der Waals surface area contributed by atoms with Gasteiger partial charge in [-0.25, -0.2) is 9.59 Å². The molecule has 1 amide bonds. The average Bonchev–Trinajstić information content (AvgIpc) is 3.26. The molecule has 1 heterocycles. The molecule has 4 aliphatic rings. The molecule has 0 aromatic heterocycles. The number of ether oxygens (including phenoxy) is 5. The fraction of sp³-hybridized carbons (Fsp3) is 0.447. The summed E-state index contributed by atoms with van der Waals surface area (Å²) in [5.74, 6) is -6.84. The van der Waals surface area contributed by atoms with Crippen molar-refractivity contribution in [3.63, 3.8) is 0 Å². The number of esters is 4. The Kier molecular flexibility index (Phi) is 14.3. The van der Waals surface area contributed by atoms with Crippen molar-refractivity contribution in [3.8, 4) is 0 Å². The smallest absolute Gasteiger partial charge is 0.394 e. The van der Waals surface area contributed by atoms with E-state index in [1.807, 2.05) is 0 Å². The molecular formula is C47H53NO18S. The van der Waals surface area contributed by atoms with Crippen LogP contribution in [0.4, 0.5) is 0 Å². The molecule has 67 heavy (non-hydrogen) atoms. The van der Waals surface area contributed by atoms with Crippen LogP contribution in [0.25, 0.3) is 0 Å². The van der Waals surface area contributed by atoms with E-state index in [0.29, 0.717) is 5.56 Å². The zero-order valence-electron chi connectivity index (χ0n) is 37.4. The summed E-state index contributed by atoms with van der Waals surface area (Å²) in [6, 6.07) is 22.9. The van der Waals surface area contributed by atoms with Gasteiger partial charge in [-0.15, -0.1) is 0 Å². The van der Waals surface area contributed by atoms with Gasteiger partial charge in [0.1, 0.15) is 23.9 Å². The Morgan fingerprint density at radius 3 is 1.87 bits per heavy atom. The summed E-state index contributed by atoms with van der Waals surface area (Å²) >= 11 is 0. The van der Waals surface area contributed by atoms with Crippen molar-refractivity contribution in [2.75, 3.05) is 6.61 Å². The van der Waals surface area contributed by atoms with E-state index in [1.54, 1.807) is 92.7 Å². The number of amides is 1. The van der Waals surface area contributed by atoms with Gasteiger partial charge in [-0.3, -0.25) is 28.3 Å². The zero-order valence-corrected chi connectivity index (χ0v) is 38.2. The molecule has 3 aromatic rings. The maximum atomic E-state index is 15.5. The van der Waals surface area contributed by atoms with Crippen molar-refractivity contribution in [3.05, 3.63) is 119 Å². The standard InChI is InChI=1S/C47H51NO14.H2O4S/c1-25-31(60-43(56)36(52)35(28-16-10-7-11-17-28)48-41(54)29-18-12-8-13-19-29)23-47(57)40(61-42(55)30-20-14-9-15-21-30)38-45(6,32(51)22-33-46(38,24-58-33)62-27(3)50)39(53)37(59-26(2)49)34(25)44(47,4)5;1-5(2,3)4/h7-21,31-33,35-38,40,51-52,57H,22-24H2,1-6H3,(H,48,54);(H2,1,2,3,4)/t31-,32-,33+,35-,36+,37+,38-,40-,45+,46-,47+;/m0./s1. The molecule has 1 aliphatic heterocycles. The van der Waals surface area contributed by atoms with Gasteiger partial charge in [0.2, 0.25) is 0 Å². The first-order valence-electron chi connectivity index (χ1n) is 21.2. The number of ketones is 1. The van der Waals surface area contributed by atoms with E-state index in [1.165, 1.54) is 26.0 Å². The molecule has 2 saturated carbocycles. The minimum atomic E-state index is -4.67. The van der Waals surface area contributed by atoms with Gasteiger partial charge in [0.05, 0.1) is 35.6 Å². The SMILES string of the molecule is CC(=O)O[C@H]1C(=O)[C@@]2(C)[C@H]([C@H](OC(=O)c3ccccc3)[C@]3(O)C[C@H](OC(=O)[C@H](O)[C@@H](NC(=O)c4ccccc4)c4ccccc4)C(C)=C1C3(C)C)[C@]1(OC(C)=O)CO[C@@H]1C[C@@H]2O.O=S(=O)(O)O. The molecule has 3 aromatic carbocycles. The molecule has 20 heteroatoms. The number of carbonyl (C=O) groups is 6. The lowest BCUT2D eigenvalue weighted by molar-refractivity contribution is -0.346. The van der Waals surface area contributed by atoms with Crippen molar-refractivity contribution in [1.82, 2.24) is 5.32 Å². The number of benzene rings is 3. The van der Waals surface area contributed by atoms with Gasteiger partial charge in [0, 0.05) is 37.7 Å². The van der Waals surface area contributed by atoms with Crippen LogP contribution in [-0.2, 0) is 53.3 Å². The van der Waals surface area contributed by atoms with Crippen LogP contribution in [0.2, 0.25) is 0 Å². The predicted octanol–water partition coefficient (Wildman–Crippen LogP) is 3.08. The van der Waals surface area contributed by atoms with Crippen LogP contribution in [-0.4, -0.2) is 123 Å². The summed E-state index contributed by atoms with van der Waals surface area (Å²) in [7, 11) is -4.67. The molecule has 3 aliphatic carbocycles. The molecule has 0 spiro atoms. The van der Waals surface area contributed by atoms with Crippen LogP contribution in [0.1, 0.15) is 86.7 Å². The lowest BCUT2D eigenvalue weighted by atomic mass is 9.44. The fourth-order valence-electron chi connectivity index (χ4n) is 10.2. The van der Waals surface area contributed by atoms with E-state index >= 15 is 4.79 Å². The number of fused-ring (bicyclic) bond motifs is 5. The molecule has 0 radical (unpaired) electrons. The summed E-state index contributed by atoms with van der Waals surface area (Å²) in [5, 5.41) is 40.2. The Balaban J connectivity index is 0.00000141. The summed E-state index contributed by atoms with van der Waals surface area (Å²) in [5.41, 5.74) is -7.02. The Labute approximate surface area is 386 Å². The number of aliphatic hydroxyl groups excluding tert-OH is 2. The summed E-state index contributed by atoms with van der Waals surface area (Å²) in [6.07, 6.45) is -10.5. The Morgan fingerprint density at radius 2 is 1.36 bits per heavy atom. The fourth-order valence-corrected chi connectivity index (χ4v) is 10.2. The lowest BCUT2D eigenvalue weighted by Gasteiger charge is -2.67. The molecule has 7 rings (SSSR count). The first-order valence-corrected chi connectivity index (χ1v) is 22.6. The molecule has 19 nitrogen and oxygen atoms in total. The molecule has 2 bridgehead atoms. The second-order valence-corrected chi connectivity index (χ2v) is 18.7. The number of aliphatic hydroxyl groups is 3. The number of hydrogen-bond acceptors (Lipinski definition) is 16. The molecular weight excluding hydrogens is 899 g/mol. The monoisotopic (exact) mass is 951 g/mol. The molecule has 6 N–H and O–H groups in total. The first kappa shape index (κ1) is 50.5. The second-order valence-electron chi connectivity index (χ2n) is 17.8. The Hall–Kier alpha value is -5.87. The minimum Gasteiger partial charge on any atom is -0.456 e. The van der Waals surface area contributed by atoms with Crippen LogP contribution in [0.5, 0.6) is 0 Å². The van der Waals surface area contributed by atoms with Gasteiger partial charge >= 0.3 is 34.3 Å².